The van der Waals surface area contributed by atoms with Crippen LogP contribution in [0.5, 0.6) is 0 Å². The van der Waals surface area contributed by atoms with Crippen LogP contribution in [0.1, 0.15) is 47.5 Å². The summed E-state index contributed by atoms with van der Waals surface area (Å²) in [4.78, 5) is 2.54. The highest BCUT2D eigenvalue weighted by molar-refractivity contribution is 4.76. The fourth-order valence-electron chi connectivity index (χ4n) is 2.14. The van der Waals surface area contributed by atoms with E-state index in [1.807, 2.05) is 0 Å². The number of hydrogen-bond donors (Lipinski definition) is 1. The second-order valence-electron chi connectivity index (χ2n) is 4.66. The SMILES string of the molecule is CCNCC(C)C(C)N(C)C(CC)CC. The molecule has 2 atom stereocenters. The summed E-state index contributed by atoms with van der Waals surface area (Å²) < 4.78 is 0. The van der Waals surface area contributed by atoms with Gasteiger partial charge in [0.2, 0.25) is 0 Å². The first kappa shape index (κ1) is 14.9. The van der Waals surface area contributed by atoms with Crippen molar-refractivity contribution in [3.63, 3.8) is 0 Å². The zero-order chi connectivity index (χ0) is 11.8. The molecular formula is C13H30N2. The van der Waals surface area contributed by atoms with Gasteiger partial charge in [0.25, 0.3) is 0 Å². The monoisotopic (exact) mass is 214 g/mol. The molecule has 0 aromatic rings. The summed E-state index contributed by atoms with van der Waals surface area (Å²) in [5, 5.41) is 3.43. The fraction of sp³-hybridized carbons (Fsp3) is 1.00. The van der Waals surface area contributed by atoms with Gasteiger partial charge in [-0.15, -0.1) is 0 Å². The topological polar surface area (TPSA) is 15.3 Å². The van der Waals surface area contributed by atoms with Crippen molar-refractivity contribution < 1.29 is 0 Å². The van der Waals surface area contributed by atoms with Crippen LogP contribution in [0.3, 0.4) is 0 Å². The van der Waals surface area contributed by atoms with Crippen molar-refractivity contribution in [2.24, 2.45) is 5.92 Å². The van der Waals surface area contributed by atoms with Crippen molar-refractivity contribution in [1.29, 1.82) is 0 Å². The summed E-state index contributed by atoms with van der Waals surface area (Å²) in [7, 11) is 2.27. The van der Waals surface area contributed by atoms with E-state index in [1.54, 1.807) is 0 Å². The average Bonchev–Trinajstić information content (AvgIpc) is 2.26. The Bertz CT molecular complexity index is 143. The Balaban J connectivity index is 4.09. The predicted molar refractivity (Wildman–Crippen MR) is 69.3 cm³/mol. The van der Waals surface area contributed by atoms with E-state index in [0.717, 1.165) is 25.0 Å². The largest absolute Gasteiger partial charge is 0.317 e. The summed E-state index contributed by atoms with van der Waals surface area (Å²) in [6.45, 7) is 13.6. The molecule has 0 amide bonds. The van der Waals surface area contributed by atoms with Gasteiger partial charge in [0.05, 0.1) is 0 Å². The van der Waals surface area contributed by atoms with Gasteiger partial charge in [-0.3, -0.25) is 0 Å². The van der Waals surface area contributed by atoms with Crippen LogP contribution in [0.2, 0.25) is 0 Å². The average molecular weight is 214 g/mol. The molecule has 0 fully saturated rings. The van der Waals surface area contributed by atoms with Crippen molar-refractivity contribution in [3.05, 3.63) is 0 Å². The third-order valence-corrected chi connectivity index (χ3v) is 3.70. The van der Waals surface area contributed by atoms with Crippen LogP contribution in [0.15, 0.2) is 0 Å². The Kier molecular flexibility index (Phi) is 8.07. The highest BCUT2D eigenvalue weighted by atomic mass is 15.2. The highest BCUT2D eigenvalue weighted by Crippen LogP contribution is 2.15. The summed E-state index contributed by atoms with van der Waals surface area (Å²) in [6, 6.07) is 1.40. The standard InChI is InChI=1S/C13H30N2/c1-7-13(8-2)15(6)12(5)11(4)10-14-9-3/h11-14H,7-10H2,1-6H3. The van der Waals surface area contributed by atoms with Crippen LogP contribution in [-0.4, -0.2) is 37.1 Å². The lowest BCUT2D eigenvalue weighted by atomic mass is 9.99. The number of hydrogen-bond acceptors (Lipinski definition) is 2. The molecule has 1 N–H and O–H groups in total. The van der Waals surface area contributed by atoms with Gasteiger partial charge in [-0.2, -0.15) is 0 Å². The van der Waals surface area contributed by atoms with Crippen molar-refractivity contribution in [3.8, 4) is 0 Å². The highest BCUT2D eigenvalue weighted by Gasteiger charge is 2.21. The summed E-state index contributed by atoms with van der Waals surface area (Å²) in [5.41, 5.74) is 0. The van der Waals surface area contributed by atoms with Crippen molar-refractivity contribution in [2.75, 3.05) is 20.1 Å². The molecule has 92 valence electrons. The van der Waals surface area contributed by atoms with Crippen LogP contribution < -0.4 is 5.32 Å². The Morgan fingerprint density at radius 3 is 2.00 bits per heavy atom. The first-order valence-corrected chi connectivity index (χ1v) is 6.50. The van der Waals surface area contributed by atoms with Gasteiger partial charge in [-0.25, -0.2) is 0 Å². The third kappa shape index (κ3) is 4.98. The van der Waals surface area contributed by atoms with Gasteiger partial charge in [0.1, 0.15) is 0 Å². The van der Waals surface area contributed by atoms with Crippen LogP contribution in [-0.2, 0) is 0 Å². The summed E-state index contributed by atoms with van der Waals surface area (Å²) in [5.74, 6) is 0.718. The minimum atomic E-state index is 0.661. The van der Waals surface area contributed by atoms with Gasteiger partial charge in [-0.1, -0.05) is 27.7 Å². The quantitative estimate of drug-likeness (QED) is 0.668. The van der Waals surface area contributed by atoms with Gasteiger partial charge in [0, 0.05) is 12.1 Å². The zero-order valence-corrected chi connectivity index (χ0v) is 11.5. The molecule has 2 unspecified atom stereocenters. The van der Waals surface area contributed by atoms with Gasteiger partial charge < -0.3 is 10.2 Å². The minimum absolute atomic E-state index is 0.661. The number of nitrogens with one attached hydrogen (secondary N) is 1. The van der Waals surface area contributed by atoms with Crippen molar-refractivity contribution in [2.45, 2.75) is 59.5 Å². The van der Waals surface area contributed by atoms with Gasteiger partial charge in [0.15, 0.2) is 0 Å². The zero-order valence-electron chi connectivity index (χ0n) is 11.5. The molecule has 15 heavy (non-hydrogen) atoms. The fourth-order valence-corrected chi connectivity index (χ4v) is 2.14. The van der Waals surface area contributed by atoms with Crippen LogP contribution in [0, 0.1) is 5.92 Å². The molecule has 0 heterocycles. The van der Waals surface area contributed by atoms with E-state index in [0.29, 0.717) is 6.04 Å². The Morgan fingerprint density at radius 1 is 1.07 bits per heavy atom. The normalized spacial score (nSPS) is 16.0. The molecule has 0 aromatic heterocycles. The Hall–Kier alpha value is -0.0800. The molecule has 0 radical (unpaired) electrons. The Labute approximate surface area is 96.4 Å². The maximum absolute atomic E-state index is 3.43. The Morgan fingerprint density at radius 2 is 1.60 bits per heavy atom. The van der Waals surface area contributed by atoms with Gasteiger partial charge >= 0.3 is 0 Å². The molecule has 0 rings (SSSR count). The maximum Gasteiger partial charge on any atom is 0.0104 e. The van der Waals surface area contributed by atoms with Crippen molar-refractivity contribution in [1.82, 2.24) is 10.2 Å². The van der Waals surface area contributed by atoms with E-state index in [1.165, 1.54) is 12.8 Å². The maximum atomic E-state index is 3.43. The second-order valence-corrected chi connectivity index (χ2v) is 4.66. The van der Waals surface area contributed by atoms with Crippen molar-refractivity contribution >= 4 is 0 Å². The summed E-state index contributed by atoms with van der Waals surface area (Å²) >= 11 is 0. The van der Waals surface area contributed by atoms with Crippen LogP contribution >= 0.6 is 0 Å². The molecule has 0 aromatic carbocycles. The molecular weight excluding hydrogens is 184 g/mol. The smallest absolute Gasteiger partial charge is 0.0104 e. The molecule has 0 aliphatic rings. The van der Waals surface area contributed by atoms with Crippen LogP contribution in [0.4, 0.5) is 0 Å². The van der Waals surface area contributed by atoms with E-state index in [2.05, 4.69) is 51.9 Å². The van der Waals surface area contributed by atoms with Crippen LogP contribution in [0.25, 0.3) is 0 Å². The first-order chi connectivity index (χ1) is 7.08. The predicted octanol–water partition coefficient (Wildman–Crippen LogP) is 2.74. The van der Waals surface area contributed by atoms with E-state index in [4.69, 9.17) is 0 Å². The minimum Gasteiger partial charge on any atom is -0.317 e. The molecule has 0 spiro atoms. The van der Waals surface area contributed by atoms with E-state index >= 15 is 0 Å². The van der Waals surface area contributed by atoms with E-state index in [9.17, 15) is 0 Å². The summed E-state index contributed by atoms with van der Waals surface area (Å²) in [6.07, 6.45) is 2.51. The molecule has 2 heteroatoms. The second kappa shape index (κ2) is 8.12. The van der Waals surface area contributed by atoms with E-state index in [-0.39, 0.29) is 0 Å². The lowest BCUT2D eigenvalue weighted by Crippen LogP contribution is -2.44. The first-order valence-electron chi connectivity index (χ1n) is 6.50. The number of nitrogens with zero attached hydrogens (tertiary/aromatic N) is 1. The lowest BCUT2D eigenvalue weighted by molar-refractivity contribution is 0.133. The van der Waals surface area contributed by atoms with Gasteiger partial charge in [-0.05, 0) is 45.8 Å². The molecule has 0 aliphatic carbocycles. The molecule has 0 saturated heterocycles. The third-order valence-electron chi connectivity index (χ3n) is 3.70. The molecule has 0 bridgehead atoms. The van der Waals surface area contributed by atoms with E-state index < -0.39 is 0 Å². The number of rotatable bonds is 8. The molecule has 0 aliphatic heterocycles. The molecule has 2 nitrogen and oxygen atoms in total. The molecule has 0 saturated carbocycles. The lowest BCUT2D eigenvalue weighted by Gasteiger charge is -2.35.